The molecule has 0 aromatic heterocycles. The second-order valence-corrected chi connectivity index (χ2v) is 4.65. The molecular weight excluding hydrogens is 184 g/mol. The van der Waals surface area contributed by atoms with Gasteiger partial charge in [-0.05, 0) is 37.2 Å². The number of aliphatic hydroxyl groups is 1. The molecule has 0 fully saturated rings. The Kier molecular flexibility index (Phi) is 5.41. The van der Waals surface area contributed by atoms with E-state index in [9.17, 15) is 5.11 Å². The fourth-order valence-electron chi connectivity index (χ4n) is 1.65. The molecule has 0 aliphatic carbocycles. The molecule has 0 saturated heterocycles. The largest absolute Gasteiger partial charge is 0.393 e. The molecule has 1 atom stereocenters. The summed E-state index contributed by atoms with van der Waals surface area (Å²) in [4.78, 5) is 0. The highest BCUT2D eigenvalue weighted by Gasteiger charge is 2.05. The summed E-state index contributed by atoms with van der Waals surface area (Å²) >= 11 is 0. The van der Waals surface area contributed by atoms with Crippen LogP contribution in [0.5, 0.6) is 0 Å². The minimum absolute atomic E-state index is 0.132. The fraction of sp³-hybridized carbons (Fsp3) is 0.571. The molecule has 1 nitrogen and oxygen atoms in total. The number of aryl methyl sites for hydroxylation is 1. The van der Waals surface area contributed by atoms with Gasteiger partial charge in [-0.3, -0.25) is 0 Å². The van der Waals surface area contributed by atoms with Gasteiger partial charge in [0.05, 0.1) is 6.10 Å². The highest BCUT2D eigenvalue weighted by Crippen LogP contribution is 2.12. The summed E-state index contributed by atoms with van der Waals surface area (Å²) < 4.78 is 0. The second-order valence-electron chi connectivity index (χ2n) is 4.65. The molecule has 1 aromatic carbocycles. The zero-order valence-corrected chi connectivity index (χ0v) is 9.82. The Morgan fingerprint density at radius 3 is 2.27 bits per heavy atom. The van der Waals surface area contributed by atoms with Gasteiger partial charge in [0.1, 0.15) is 0 Å². The molecule has 84 valence electrons. The van der Waals surface area contributed by atoms with Crippen molar-refractivity contribution >= 4 is 0 Å². The van der Waals surface area contributed by atoms with Gasteiger partial charge in [0, 0.05) is 0 Å². The van der Waals surface area contributed by atoms with Gasteiger partial charge in [0.15, 0.2) is 0 Å². The molecule has 0 saturated carbocycles. The Labute approximate surface area is 93.1 Å². The SMILES string of the molecule is CC(C)CCC(O)CCc1ccccc1. The molecule has 1 unspecified atom stereocenters. The van der Waals surface area contributed by atoms with E-state index in [0.29, 0.717) is 5.92 Å². The first-order valence-corrected chi connectivity index (χ1v) is 5.90. The lowest BCUT2D eigenvalue weighted by atomic mass is 10.00. The molecule has 0 amide bonds. The smallest absolute Gasteiger partial charge is 0.0543 e. The molecule has 0 spiro atoms. The maximum absolute atomic E-state index is 9.76. The minimum atomic E-state index is -0.132. The van der Waals surface area contributed by atoms with Crippen molar-refractivity contribution in [3.8, 4) is 0 Å². The Morgan fingerprint density at radius 2 is 1.67 bits per heavy atom. The van der Waals surface area contributed by atoms with Crippen molar-refractivity contribution in [2.24, 2.45) is 5.92 Å². The first-order chi connectivity index (χ1) is 7.18. The lowest BCUT2D eigenvalue weighted by Gasteiger charge is -2.11. The maximum atomic E-state index is 9.76. The summed E-state index contributed by atoms with van der Waals surface area (Å²) in [6, 6.07) is 10.4. The number of aliphatic hydroxyl groups excluding tert-OH is 1. The first kappa shape index (κ1) is 12.3. The number of hydrogen-bond acceptors (Lipinski definition) is 1. The van der Waals surface area contributed by atoms with Crippen molar-refractivity contribution in [1.82, 2.24) is 0 Å². The maximum Gasteiger partial charge on any atom is 0.0543 e. The third-order valence-corrected chi connectivity index (χ3v) is 2.69. The highest BCUT2D eigenvalue weighted by molar-refractivity contribution is 5.14. The number of hydrogen-bond donors (Lipinski definition) is 1. The molecule has 0 aliphatic heterocycles. The first-order valence-electron chi connectivity index (χ1n) is 5.90. The summed E-state index contributed by atoms with van der Waals surface area (Å²) in [6.45, 7) is 4.40. The van der Waals surface area contributed by atoms with Crippen LogP contribution in [-0.4, -0.2) is 11.2 Å². The molecule has 1 rings (SSSR count). The molecule has 1 aromatic rings. The van der Waals surface area contributed by atoms with E-state index in [0.717, 1.165) is 25.7 Å². The lowest BCUT2D eigenvalue weighted by molar-refractivity contribution is 0.147. The van der Waals surface area contributed by atoms with Crippen LogP contribution >= 0.6 is 0 Å². The van der Waals surface area contributed by atoms with Crippen molar-refractivity contribution in [3.63, 3.8) is 0 Å². The predicted octanol–water partition coefficient (Wildman–Crippen LogP) is 3.42. The average molecular weight is 206 g/mol. The van der Waals surface area contributed by atoms with E-state index in [-0.39, 0.29) is 6.10 Å². The molecule has 0 bridgehead atoms. The lowest BCUT2D eigenvalue weighted by Crippen LogP contribution is -2.09. The van der Waals surface area contributed by atoms with Crippen molar-refractivity contribution in [1.29, 1.82) is 0 Å². The van der Waals surface area contributed by atoms with Crippen LogP contribution in [0, 0.1) is 5.92 Å². The van der Waals surface area contributed by atoms with Crippen LogP contribution in [0.4, 0.5) is 0 Å². The van der Waals surface area contributed by atoms with Gasteiger partial charge in [-0.25, -0.2) is 0 Å². The van der Waals surface area contributed by atoms with E-state index >= 15 is 0 Å². The van der Waals surface area contributed by atoms with Gasteiger partial charge >= 0.3 is 0 Å². The zero-order valence-electron chi connectivity index (χ0n) is 9.82. The van der Waals surface area contributed by atoms with E-state index < -0.39 is 0 Å². The van der Waals surface area contributed by atoms with Gasteiger partial charge in [-0.1, -0.05) is 44.2 Å². The molecule has 1 N–H and O–H groups in total. The van der Waals surface area contributed by atoms with Crippen molar-refractivity contribution in [3.05, 3.63) is 35.9 Å². The van der Waals surface area contributed by atoms with Crippen LogP contribution < -0.4 is 0 Å². The van der Waals surface area contributed by atoms with E-state index in [4.69, 9.17) is 0 Å². The third kappa shape index (κ3) is 5.58. The van der Waals surface area contributed by atoms with Crippen LogP contribution in [-0.2, 0) is 6.42 Å². The van der Waals surface area contributed by atoms with Crippen LogP contribution in [0.25, 0.3) is 0 Å². The summed E-state index contributed by atoms with van der Waals surface area (Å²) in [5.41, 5.74) is 1.32. The minimum Gasteiger partial charge on any atom is -0.393 e. The van der Waals surface area contributed by atoms with Crippen LogP contribution in [0.15, 0.2) is 30.3 Å². The van der Waals surface area contributed by atoms with Crippen LogP contribution in [0.3, 0.4) is 0 Å². The monoisotopic (exact) mass is 206 g/mol. The Bertz CT molecular complexity index is 253. The molecular formula is C14H22O. The number of rotatable bonds is 6. The Balaban J connectivity index is 2.19. The van der Waals surface area contributed by atoms with Crippen LogP contribution in [0.1, 0.15) is 38.7 Å². The molecule has 0 aliphatic rings. The zero-order chi connectivity index (χ0) is 11.1. The van der Waals surface area contributed by atoms with E-state index in [1.54, 1.807) is 0 Å². The third-order valence-electron chi connectivity index (χ3n) is 2.69. The summed E-state index contributed by atoms with van der Waals surface area (Å²) in [7, 11) is 0. The van der Waals surface area contributed by atoms with Gasteiger partial charge in [-0.2, -0.15) is 0 Å². The second kappa shape index (κ2) is 6.62. The van der Waals surface area contributed by atoms with Crippen LogP contribution in [0.2, 0.25) is 0 Å². The average Bonchev–Trinajstić information content (AvgIpc) is 2.25. The van der Waals surface area contributed by atoms with Gasteiger partial charge in [0.25, 0.3) is 0 Å². The standard InChI is InChI=1S/C14H22O/c1-12(2)8-10-14(15)11-9-13-6-4-3-5-7-13/h3-7,12,14-15H,8-11H2,1-2H3. The summed E-state index contributed by atoms with van der Waals surface area (Å²) in [6.07, 6.45) is 3.80. The van der Waals surface area contributed by atoms with Gasteiger partial charge in [-0.15, -0.1) is 0 Å². The summed E-state index contributed by atoms with van der Waals surface area (Å²) in [5.74, 6) is 0.691. The molecule has 15 heavy (non-hydrogen) atoms. The normalized spacial score (nSPS) is 13.1. The topological polar surface area (TPSA) is 20.2 Å². The van der Waals surface area contributed by atoms with Gasteiger partial charge < -0.3 is 5.11 Å². The van der Waals surface area contributed by atoms with E-state index in [1.807, 2.05) is 6.07 Å². The Morgan fingerprint density at radius 1 is 1.00 bits per heavy atom. The molecule has 1 heteroatoms. The van der Waals surface area contributed by atoms with Crippen molar-refractivity contribution in [2.75, 3.05) is 0 Å². The Hall–Kier alpha value is -0.820. The van der Waals surface area contributed by atoms with E-state index in [1.165, 1.54) is 5.56 Å². The quantitative estimate of drug-likeness (QED) is 0.756. The highest BCUT2D eigenvalue weighted by atomic mass is 16.3. The summed E-state index contributed by atoms with van der Waals surface area (Å²) in [5, 5.41) is 9.76. The van der Waals surface area contributed by atoms with E-state index in [2.05, 4.69) is 38.1 Å². The number of benzene rings is 1. The molecule has 0 radical (unpaired) electrons. The van der Waals surface area contributed by atoms with Crippen molar-refractivity contribution < 1.29 is 5.11 Å². The molecule has 0 heterocycles. The fourth-order valence-corrected chi connectivity index (χ4v) is 1.65. The predicted molar refractivity (Wildman–Crippen MR) is 64.8 cm³/mol. The van der Waals surface area contributed by atoms with Crippen molar-refractivity contribution in [2.45, 2.75) is 45.6 Å². The van der Waals surface area contributed by atoms with Gasteiger partial charge in [0.2, 0.25) is 0 Å².